The second-order valence-corrected chi connectivity index (χ2v) is 8.31. The van der Waals surface area contributed by atoms with Crippen molar-refractivity contribution < 1.29 is 18.1 Å². The highest BCUT2D eigenvalue weighted by atomic mass is 32.2. The van der Waals surface area contributed by atoms with Crippen molar-refractivity contribution in [3.8, 4) is 5.75 Å². The number of ether oxygens (including phenoxy) is 1. The maximum absolute atomic E-state index is 12.8. The van der Waals surface area contributed by atoms with Gasteiger partial charge in [0, 0.05) is 31.4 Å². The summed E-state index contributed by atoms with van der Waals surface area (Å²) in [6.07, 6.45) is 4.12. The molecule has 0 spiro atoms. The molecule has 28 heavy (non-hydrogen) atoms. The molecule has 1 saturated heterocycles. The number of hydrogen-bond acceptors (Lipinski definition) is 6. The van der Waals surface area contributed by atoms with Gasteiger partial charge in [-0.05, 0) is 31.0 Å². The average molecular weight is 403 g/mol. The smallest absolute Gasteiger partial charge is 0.278 e. The predicted molar refractivity (Wildman–Crippen MR) is 106 cm³/mol. The number of para-hydroxylation sites is 1. The first-order chi connectivity index (χ1) is 13.4. The highest BCUT2D eigenvalue weighted by molar-refractivity contribution is 7.89. The zero-order valence-corrected chi connectivity index (χ0v) is 16.3. The topological polar surface area (TPSA) is 102 Å². The van der Waals surface area contributed by atoms with Crippen LogP contribution in [0.4, 0.5) is 11.4 Å². The van der Waals surface area contributed by atoms with E-state index in [4.69, 9.17) is 4.74 Å². The van der Waals surface area contributed by atoms with Gasteiger partial charge in [0.05, 0.1) is 22.5 Å². The van der Waals surface area contributed by atoms with E-state index in [9.17, 15) is 18.5 Å². The van der Waals surface area contributed by atoms with Crippen molar-refractivity contribution >= 4 is 27.6 Å². The van der Waals surface area contributed by atoms with Gasteiger partial charge < -0.3 is 4.74 Å². The average Bonchev–Trinajstić information content (AvgIpc) is 2.72. The van der Waals surface area contributed by atoms with Crippen molar-refractivity contribution in [3.05, 3.63) is 58.1 Å². The van der Waals surface area contributed by atoms with Gasteiger partial charge in [-0.25, -0.2) is 8.42 Å². The molecule has 0 aliphatic carbocycles. The van der Waals surface area contributed by atoms with Crippen LogP contribution in [0.15, 0.2) is 52.4 Å². The molecule has 0 aromatic heterocycles. The van der Waals surface area contributed by atoms with E-state index in [0.717, 1.165) is 19.3 Å². The molecule has 0 N–H and O–H groups in total. The van der Waals surface area contributed by atoms with E-state index in [0.29, 0.717) is 24.3 Å². The summed E-state index contributed by atoms with van der Waals surface area (Å²) >= 11 is 0. The maximum atomic E-state index is 12.8. The number of sulfonamides is 1. The summed E-state index contributed by atoms with van der Waals surface area (Å²) in [7, 11) is -2.16. The fourth-order valence-electron chi connectivity index (χ4n) is 3.08. The van der Waals surface area contributed by atoms with Crippen LogP contribution in [0.1, 0.15) is 24.8 Å². The van der Waals surface area contributed by atoms with Gasteiger partial charge in [-0.3, -0.25) is 15.1 Å². The van der Waals surface area contributed by atoms with Crippen LogP contribution in [0, 0.1) is 10.1 Å². The SMILES string of the molecule is COc1cc(S(=O)(=O)N2CCCCC2)ccc1N=Cc1ccccc1[N+](=O)[O-]. The third-order valence-electron chi connectivity index (χ3n) is 4.58. The number of methoxy groups -OCH3 is 1. The molecular weight excluding hydrogens is 382 g/mol. The number of hydrogen-bond donors (Lipinski definition) is 0. The molecule has 0 radical (unpaired) electrons. The second kappa shape index (κ2) is 8.49. The highest BCUT2D eigenvalue weighted by Crippen LogP contribution is 2.32. The van der Waals surface area contributed by atoms with Gasteiger partial charge in [-0.1, -0.05) is 18.6 Å². The number of benzene rings is 2. The summed E-state index contributed by atoms with van der Waals surface area (Å²) in [6.45, 7) is 1.03. The summed E-state index contributed by atoms with van der Waals surface area (Å²) in [6, 6.07) is 10.7. The van der Waals surface area contributed by atoms with Crippen LogP contribution >= 0.6 is 0 Å². The lowest BCUT2D eigenvalue weighted by Crippen LogP contribution is -2.35. The molecule has 1 fully saturated rings. The van der Waals surface area contributed by atoms with Crippen molar-refractivity contribution in [2.45, 2.75) is 24.2 Å². The van der Waals surface area contributed by atoms with Crippen molar-refractivity contribution in [1.82, 2.24) is 4.31 Å². The molecule has 2 aromatic carbocycles. The zero-order valence-electron chi connectivity index (χ0n) is 15.4. The Kier molecular flexibility index (Phi) is 6.05. The fraction of sp³-hybridized carbons (Fsp3) is 0.316. The molecule has 0 unspecified atom stereocenters. The molecular formula is C19H21N3O5S. The van der Waals surface area contributed by atoms with Crippen LogP contribution in [-0.4, -0.2) is 44.1 Å². The van der Waals surface area contributed by atoms with Gasteiger partial charge in [-0.15, -0.1) is 0 Å². The summed E-state index contributed by atoms with van der Waals surface area (Å²) < 4.78 is 32.4. The largest absolute Gasteiger partial charge is 0.494 e. The van der Waals surface area contributed by atoms with Crippen LogP contribution in [0.2, 0.25) is 0 Å². The van der Waals surface area contributed by atoms with E-state index >= 15 is 0 Å². The molecule has 0 bridgehead atoms. The Labute approximate surface area is 163 Å². The quantitative estimate of drug-likeness (QED) is 0.417. The Morgan fingerprint density at radius 2 is 1.86 bits per heavy atom. The number of nitro benzene ring substituents is 1. The first-order valence-corrected chi connectivity index (χ1v) is 10.3. The predicted octanol–water partition coefficient (Wildman–Crippen LogP) is 3.53. The summed E-state index contributed by atoms with van der Waals surface area (Å²) in [4.78, 5) is 15.0. The van der Waals surface area contributed by atoms with E-state index in [1.165, 1.54) is 35.8 Å². The fourth-order valence-corrected chi connectivity index (χ4v) is 4.61. The minimum atomic E-state index is -3.58. The number of piperidine rings is 1. The van der Waals surface area contributed by atoms with Crippen molar-refractivity contribution in [3.63, 3.8) is 0 Å². The molecule has 3 rings (SSSR count). The molecule has 8 nitrogen and oxygen atoms in total. The third-order valence-corrected chi connectivity index (χ3v) is 6.47. The van der Waals surface area contributed by atoms with Gasteiger partial charge in [0.2, 0.25) is 10.0 Å². The lowest BCUT2D eigenvalue weighted by atomic mass is 10.2. The first kappa shape index (κ1) is 20.0. The molecule has 2 aromatic rings. The Morgan fingerprint density at radius 3 is 2.54 bits per heavy atom. The zero-order chi connectivity index (χ0) is 20.1. The maximum Gasteiger partial charge on any atom is 0.278 e. The van der Waals surface area contributed by atoms with Gasteiger partial charge in [0.25, 0.3) is 5.69 Å². The van der Waals surface area contributed by atoms with E-state index in [1.807, 2.05) is 0 Å². The first-order valence-electron chi connectivity index (χ1n) is 8.89. The van der Waals surface area contributed by atoms with Crippen LogP contribution in [0.25, 0.3) is 0 Å². The molecule has 1 aliphatic heterocycles. The van der Waals surface area contributed by atoms with Gasteiger partial charge in [0.15, 0.2) is 0 Å². The Balaban J connectivity index is 1.91. The molecule has 1 aliphatic rings. The van der Waals surface area contributed by atoms with Gasteiger partial charge in [-0.2, -0.15) is 4.31 Å². The normalized spacial score (nSPS) is 15.6. The second-order valence-electron chi connectivity index (χ2n) is 6.37. The van der Waals surface area contributed by atoms with Crippen molar-refractivity contribution in [2.24, 2.45) is 4.99 Å². The third kappa shape index (κ3) is 4.20. The summed E-state index contributed by atoms with van der Waals surface area (Å²) in [5.74, 6) is 0.285. The number of nitro groups is 1. The van der Waals surface area contributed by atoms with E-state index < -0.39 is 14.9 Å². The molecule has 148 valence electrons. The summed E-state index contributed by atoms with van der Waals surface area (Å²) in [5.41, 5.74) is 0.673. The minimum absolute atomic E-state index is 0.0606. The van der Waals surface area contributed by atoms with Crippen LogP contribution in [-0.2, 0) is 10.0 Å². The Morgan fingerprint density at radius 1 is 1.14 bits per heavy atom. The molecule has 1 heterocycles. The standard InChI is InChI=1S/C19H21N3O5S/c1-27-19-13-16(28(25,26)21-11-5-2-6-12-21)9-10-17(19)20-14-15-7-3-4-8-18(15)22(23)24/h3-4,7-10,13-14H,2,5-6,11-12H2,1H3. The van der Waals surface area contributed by atoms with Crippen LogP contribution in [0.3, 0.4) is 0 Å². The molecule has 9 heteroatoms. The van der Waals surface area contributed by atoms with E-state index in [1.54, 1.807) is 24.3 Å². The van der Waals surface area contributed by atoms with E-state index in [-0.39, 0.29) is 16.3 Å². The van der Waals surface area contributed by atoms with Crippen LogP contribution < -0.4 is 4.74 Å². The Bertz CT molecular complexity index is 998. The monoisotopic (exact) mass is 403 g/mol. The number of rotatable bonds is 6. The van der Waals surface area contributed by atoms with Crippen LogP contribution in [0.5, 0.6) is 5.75 Å². The minimum Gasteiger partial charge on any atom is -0.494 e. The lowest BCUT2D eigenvalue weighted by Gasteiger charge is -2.26. The molecule has 0 saturated carbocycles. The van der Waals surface area contributed by atoms with Gasteiger partial charge >= 0.3 is 0 Å². The number of aliphatic imine (C=N–C) groups is 1. The molecule has 0 amide bonds. The molecule has 0 atom stereocenters. The lowest BCUT2D eigenvalue weighted by molar-refractivity contribution is -0.385. The summed E-state index contributed by atoms with van der Waals surface area (Å²) in [5, 5.41) is 11.1. The Hall–Kier alpha value is -2.78. The van der Waals surface area contributed by atoms with Crippen molar-refractivity contribution in [1.29, 1.82) is 0 Å². The highest BCUT2D eigenvalue weighted by Gasteiger charge is 2.26. The van der Waals surface area contributed by atoms with Crippen molar-refractivity contribution in [2.75, 3.05) is 20.2 Å². The van der Waals surface area contributed by atoms with Gasteiger partial charge in [0.1, 0.15) is 11.4 Å². The number of nitrogens with zero attached hydrogens (tertiary/aromatic N) is 3. The van der Waals surface area contributed by atoms with E-state index in [2.05, 4.69) is 4.99 Å².